The van der Waals surface area contributed by atoms with Crippen LogP contribution in [0.25, 0.3) is 11.3 Å². The van der Waals surface area contributed by atoms with Gasteiger partial charge in [-0.05, 0) is 29.8 Å². The minimum atomic E-state index is -0.102. The number of oxazole rings is 1. The smallest absolute Gasteiger partial charge is 0.223 e. The lowest BCUT2D eigenvalue weighted by Gasteiger charge is -2.33. The Morgan fingerprint density at radius 2 is 2.00 bits per heavy atom. The van der Waals surface area contributed by atoms with E-state index in [9.17, 15) is 4.79 Å². The average Bonchev–Trinajstić information content (AvgIpc) is 3.22. The molecule has 2 heterocycles. The van der Waals surface area contributed by atoms with Crippen molar-refractivity contribution in [3.8, 4) is 11.3 Å². The quantitative estimate of drug-likeness (QED) is 0.503. The predicted octanol–water partition coefficient (Wildman–Crippen LogP) is 5.29. The van der Waals surface area contributed by atoms with E-state index in [0.29, 0.717) is 49.2 Å². The van der Waals surface area contributed by atoms with Crippen molar-refractivity contribution in [1.29, 1.82) is 0 Å². The van der Waals surface area contributed by atoms with E-state index in [1.54, 1.807) is 6.20 Å². The summed E-state index contributed by atoms with van der Waals surface area (Å²) in [6.45, 7) is 1.68. The molecule has 0 aliphatic carbocycles. The molecule has 1 aliphatic rings. The predicted molar refractivity (Wildman–Crippen MR) is 115 cm³/mol. The molecular weight excluding hydrogens is 456 g/mol. The van der Waals surface area contributed by atoms with E-state index in [-0.39, 0.29) is 12.0 Å². The fraction of sp³-hybridized carbons (Fsp3) is 0.273. The Balaban J connectivity index is 1.35. The second kappa shape index (κ2) is 9.11. The van der Waals surface area contributed by atoms with Gasteiger partial charge >= 0.3 is 0 Å². The van der Waals surface area contributed by atoms with Crippen LogP contribution in [0.4, 0.5) is 0 Å². The molecule has 4 rings (SSSR count). The van der Waals surface area contributed by atoms with E-state index >= 15 is 0 Å². The molecule has 0 saturated carbocycles. The van der Waals surface area contributed by atoms with Crippen molar-refractivity contribution < 1.29 is 13.9 Å². The van der Waals surface area contributed by atoms with Gasteiger partial charge in [0.1, 0.15) is 6.10 Å². The Kier molecular flexibility index (Phi) is 6.33. The lowest BCUT2D eigenvalue weighted by Crippen LogP contribution is -2.42. The fourth-order valence-corrected chi connectivity index (χ4v) is 3.83. The van der Waals surface area contributed by atoms with Crippen molar-refractivity contribution >= 4 is 33.4 Å². The van der Waals surface area contributed by atoms with Gasteiger partial charge in [0.2, 0.25) is 5.91 Å². The average molecular weight is 476 g/mol. The van der Waals surface area contributed by atoms with Gasteiger partial charge in [0.15, 0.2) is 11.7 Å². The molecule has 1 unspecified atom stereocenters. The van der Waals surface area contributed by atoms with Crippen molar-refractivity contribution in [2.45, 2.75) is 18.9 Å². The number of halogens is 2. The number of hydrogen-bond acceptors (Lipinski definition) is 4. The summed E-state index contributed by atoms with van der Waals surface area (Å²) in [6, 6.07) is 15.5. The summed E-state index contributed by atoms with van der Waals surface area (Å²) < 4.78 is 12.7. The summed E-state index contributed by atoms with van der Waals surface area (Å²) in [6.07, 6.45) is 2.34. The molecule has 0 N–H and O–H groups in total. The lowest BCUT2D eigenvalue weighted by molar-refractivity contribution is -0.139. The molecule has 150 valence electrons. The monoisotopic (exact) mass is 474 g/mol. The third-order valence-electron chi connectivity index (χ3n) is 4.91. The van der Waals surface area contributed by atoms with Crippen LogP contribution in [0.3, 0.4) is 0 Å². The first-order chi connectivity index (χ1) is 14.1. The maximum absolute atomic E-state index is 12.7. The maximum atomic E-state index is 12.7. The zero-order valence-corrected chi connectivity index (χ0v) is 18.0. The summed E-state index contributed by atoms with van der Waals surface area (Å²) in [5.41, 5.74) is 1.87. The molecule has 1 atom stereocenters. The fourth-order valence-electron chi connectivity index (χ4n) is 3.34. The van der Waals surface area contributed by atoms with E-state index in [2.05, 4.69) is 20.9 Å². The van der Waals surface area contributed by atoms with Gasteiger partial charge in [0.25, 0.3) is 0 Å². The van der Waals surface area contributed by atoms with Gasteiger partial charge in [-0.2, -0.15) is 0 Å². The van der Waals surface area contributed by atoms with Crippen LogP contribution in [-0.2, 0) is 16.0 Å². The minimum absolute atomic E-state index is 0.0768. The van der Waals surface area contributed by atoms with E-state index in [1.807, 2.05) is 53.4 Å². The number of carbonyl (C=O) groups is 1. The molecule has 3 aromatic rings. The van der Waals surface area contributed by atoms with Gasteiger partial charge in [-0.3, -0.25) is 4.79 Å². The highest BCUT2D eigenvalue weighted by Crippen LogP contribution is 2.28. The van der Waals surface area contributed by atoms with Crippen LogP contribution >= 0.6 is 27.5 Å². The molecule has 5 nitrogen and oxygen atoms in total. The van der Waals surface area contributed by atoms with Crippen LogP contribution in [0.1, 0.15) is 24.0 Å². The first-order valence-electron chi connectivity index (χ1n) is 9.44. The number of benzene rings is 2. The van der Waals surface area contributed by atoms with Gasteiger partial charge in [-0.1, -0.05) is 51.8 Å². The Bertz CT molecular complexity index is 990. The van der Waals surface area contributed by atoms with Crippen LogP contribution < -0.4 is 0 Å². The zero-order valence-electron chi connectivity index (χ0n) is 15.7. The highest BCUT2D eigenvalue weighted by atomic mass is 79.9. The van der Waals surface area contributed by atoms with Crippen LogP contribution in [0.5, 0.6) is 0 Å². The Labute approximate surface area is 182 Å². The molecule has 0 radical (unpaired) electrons. The number of nitrogens with zero attached hydrogens (tertiary/aromatic N) is 2. The number of aromatic nitrogens is 1. The van der Waals surface area contributed by atoms with Crippen LogP contribution in [0.15, 0.2) is 63.6 Å². The molecule has 0 spiro atoms. The third kappa shape index (κ3) is 4.89. The minimum Gasteiger partial charge on any atom is -0.441 e. The summed E-state index contributed by atoms with van der Waals surface area (Å²) in [5.74, 6) is 1.22. The largest absolute Gasteiger partial charge is 0.441 e. The molecule has 1 fully saturated rings. The number of ether oxygens (including phenoxy) is 1. The molecule has 0 bridgehead atoms. The normalized spacial score (nSPS) is 16.8. The second-order valence-corrected chi connectivity index (χ2v) is 8.17. The first kappa shape index (κ1) is 20.1. The van der Waals surface area contributed by atoms with E-state index in [0.717, 1.165) is 15.6 Å². The number of hydrogen-bond donors (Lipinski definition) is 0. The molecule has 1 aliphatic heterocycles. The number of amides is 1. The molecular formula is C22H20BrClN2O3. The number of aryl methyl sites for hydroxylation is 1. The van der Waals surface area contributed by atoms with E-state index in [1.165, 1.54) is 0 Å². The second-order valence-electron chi connectivity index (χ2n) is 6.85. The Hall–Kier alpha value is -2.15. The lowest BCUT2D eigenvalue weighted by atomic mass is 10.1. The summed E-state index contributed by atoms with van der Waals surface area (Å²) >= 11 is 9.65. The van der Waals surface area contributed by atoms with Gasteiger partial charge < -0.3 is 14.1 Å². The Morgan fingerprint density at radius 1 is 1.21 bits per heavy atom. The number of carbonyl (C=O) groups excluding carboxylic acids is 1. The van der Waals surface area contributed by atoms with Gasteiger partial charge in [0.05, 0.1) is 24.4 Å². The van der Waals surface area contributed by atoms with Crippen LogP contribution in [0.2, 0.25) is 5.02 Å². The Morgan fingerprint density at radius 3 is 2.79 bits per heavy atom. The third-order valence-corrected chi connectivity index (χ3v) is 5.76. The molecule has 1 aromatic heterocycles. The van der Waals surface area contributed by atoms with Crippen molar-refractivity contribution in [2.75, 3.05) is 19.7 Å². The summed E-state index contributed by atoms with van der Waals surface area (Å²) in [4.78, 5) is 18.9. The first-order valence-corrected chi connectivity index (χ1v) is 10.6. The molecule has 29 heavy (non-hydrogen) atoms. The molecule has 2 aromatic carbocycles. The van der Waals surface area contributed by atoms with Gasteiger partial charge in [0, 0.05) is 29.4 Å². The number of rotatable bonds is 5. The van der Waals surface area contributed by atoms with Crippen LogP contribution in [0, 0.1) is 0 Å². The van der Waals surface area contributed by atoms with Crippen molar-refractivity contribution in [3.63, 3.8) is 0 Å². The summed E-state index contributed by atoms with van der Waals surface area (Å²) in [5, 5.41) is 0.610. The maximum Gasteiger partial charge on any atom is 0.223 e. The SMILES string of the molecule is O=C(CCc1ncc(-c2ccccc2Cl)o1)N1CCOC(c2ccc(Br)cc2)C1. The van der Waals surface area contributed by atoms with E-state index < -0.39 is 0 Å². The molecule has 7 heteroatoms. The van der Waals surface area contributed by atoms with Crippen molar-refractivity contribution in [1.82, 2.24) is 9.88 Å². The van der Waals surface area contributed by atoms with Gasteiger partial charge in [-0.25, -0.2) is 4.98 Å². The van der Waals surface area contributed by atoms with E-state index in [4.69, 9.17) is 20.8 Å². The standard InChI is InChI=1S/C22H20BrClN2O3/c23-16-7-5-15(6-8-16)20-14-26(11-12-28-20)22(27)10-9-21-25-13-19(29-21)17-3-1-2-4-18(17)24/h1-8,13,20H,9-12,14H2. The topological polar surface area (TPSA) is 55.6 Å². The zero-order chi connectivity index (χ0) is 20.2. The summed E-state index contributed by atoms with van der Waals surface area (Å²) in [7, 11) is 0. The van der Waals surface area contributed by atoms with Crippen molar-refractivity contribution in [2.24, 2.45) is 0 Å². The highest BCUT2D eigenvalue weighted by Gasteiger charge is 2.25. The molecule has 1 saturated heterocycles. The number of morpholine rings is 1. The van der Waals surface area contributed by atoms with Gasteiger partial charge in [-0.15, -0.1) is 0 Å². The molecule has 1 amide bonds. The van der Waals surface area contributed by atoms with Crippen molar-refractivity contribution in [3.05, 3.63) is 75.7 Å². The van der Waals surface area contributed by atoms with Crippen LogP contribution in [-0.4, -0.2) is 35.5 Å². The highest BCUT2D eigenvalue weighted by molar-refractivity contribution is 9.10.